The van der Waals surface area contributed by atoms with Gasteiger partial charge in [-0.25, -0.2) is 8.78 Å². The van der Waals surface area contributed by atoms with E-state index in [1.807, 2.05) is 64.1 Å². The van der Waals surface area contributed by atoms with E-state index in [4.69, 9.17) is 5.11 Å². The molecule has 0 radical (unpaired) electrons. The Balaban J connectivity index is 0.00000108. The van der Waals surface area contributed by atoms with Crippen LogP contribution in [0.15, 0.2) is 84.9 Å². The van der Waals surface area contributed by atoms with Gasteiger partial charge in [0.25, 0.3) is 0 Å². The van der Waals surface area contributed by atoms with Crippen molar-refractivity contribution in [3.63, 3.8) is 0 Å². The summed E-state index contributed by atoms with van der Waals surface area (Å²) in [7, 11) is 1.00. The Morgan fingerprint density at radius 3 is 2.08 bits per heavy atom. The zero-order chi connectivity index (χ0) is 44.9. The van der Waals surface area contributed by atoms with Gasteiger partial charge in [0.05, 0.1) is 6.67 Å². The van der Waals surface area contributed by atoms with E-state index in [-0.39, 0.29) is 17.2 Å². The molecule has 330 valence electrons. The molecule has 2 aromatic carbocycles. The van der Waals surface area contributed by atoms with Crippen LogP contribution < -0.4 is 5.32 Å². The summed E-state index contributed by atoms with van der Waals surface area (Å²) < 4.78 is 43.7. The molecule has 0 saturated carbocycles. The average Bonchev–Trinajstić information content (AvgIpc) is 3.23. The number of unbranched alkanes of at least 4 members (excludes halogenated alkanes) is 1. The summed E-state index contributed by atoms with van der Waals surface area (Å²) in [5, 5.41) is 10.5. The third-order valence-corrected chi connectivity index (χ3v) is 11.2. The second-order valence-corrected chi connectivity index (χ2v) is 16.7. The molecule has 3 aromatic rings. The molecule has 1 aliphatic rings. The molecule has 1 unspecified atom stereocenters. The molecule has 0 saturated heterocycles. The summed E-state index contributed by atoms with van der Waals surface area (Å²) in [6.45, 7) is 33.4. The molecule has 59 heavy (non-hydrogen) atoms. The van der Waals surface area contributed by atoms with Crippen molar-refractivity contribution in [2.24, 2.45) is 11.3 Å². The van der Waals surface area contributed by atoms with Crippen molar-refractivity contribution in [1.82, 2.24) is 9.88 Å². The summed E-state index contributed by atoms with van der Waals surface area (Å²) >= 11 is 0. The molecule has 0 aliphatic carbocycles. The molecular formula is C52H80F3N3O. The highest BCUT2D eigenvalue weighted by atomic mass is 19.1. The highest BCUT2D eigenvalue weighted by Gasteiger charge is 2.33. The number of anilines is 1. The number of nitrogens with zero attached hydrogens (tertiary/aromatic N) is 2. The highest BCUT2D eigenvalue weighted by Crippen LogP contribution is 2.41. The van der Waals surface area contributed by atoms with Crippen molar-refractivity contribution in [3.8, 4) is 11.1 Å². The van der Waals surface area contributed by atoms with Crippen LogP contribution in [0.5, 0.6) is 0 Å². The monoisotopic (exact) mass is 820 g/mol. The van der Waals surface area contributed by atoms with Gasteiger partial charge in [-0.3, -0.25) is 9.37 Å². The van der Waals surface area contributed by atoms with Crippen LogP contribution in [-0.2, 0) is 12.2 Å². The average molecular weight is 820 g/mol. The minimum absolute atomic E-state index is 0.174. The molecule has 4 nitrogen and oxygen atoms in total. The zero-order valence-corrected chi connectivity index (χ0v) is 39.2. The fourth-order valence-corrected chi connectivity index (χ4v) is 7.57. The summed E-state index contributed by atoms with van der Waals surface area (Å²) in [6, 6.07) is 13.0. The first-order valence-corrected chi connectivity index (χ1v) is 22.2. The minimum Gasteiger partial charge on any atom is -0.400 e. The number of benzene rings is 2. The maximum atomic E-state index is 15.3. The van der Waals surface area contributed by atoms with Crippen LogP contribution in [0, 0.1) is 31.0 Å². The normalized spacial score (nSPS) is 15.5. The molecule has 1 aliphatic heterocycles. The number of aromatic nitrogens is 1. The number of aliphatic hydroxyl groups excluding tert-OH is 1. The molecule has 2 heterocycles. The van der Waals surface area contributed by atoms with Gasteiger partial charge in [-0.2, -0.15) is 0 Å². The lowest BCUT2D eigenvalue weighted by Gasteiger charge is -2.42. The number of rotatable bonds is 18. The van der Waals surface area contributed by atoms with Crippen LogP contribution in [0.1, 0.15) is 161 Å². The molecule has 0 fully saturated rings. The summed E-state index contributed by atoms with van der Waals surface area (Å²) in [4.78, 5) is 6.67. The largest absolute Gasteiger partial charge is 0.400 e. The first-order valence-electron chi connectivity index (χ1n) is 22.2. The molecule has 4 rings (SSSR count). The zero-order valence-electron chi connectivity index (χ0n) is 39.2. The van der Waals surface area contributed by atoms with Crippen LogP contribution in [0.2, 0.25) is 0 Å². The lowest BCUT2D eigenvalue weighted by Crippen LogP contribution is -2.39. The molecule has 2 atom stereocenters. The van der Waals surface area contributed by atoms with E-state index in [1.54, 1.807) is 19.2 Å². The first-order chi connectivity index (χ1) is 28.0. The Morgan fingerprint density at radius 1 is 0.966 bits per heavy atom. The lowest BCUT2D eigenvalue weighted by molar-refractivity contribution is 0.209. The van der Waals surface area contributed by atoms with Crippen molar-refractivity contribution < 1.29 is 18.3 Å². The summed E-state index contributed by atoms with van der Waals surface area (Å²) in [5.41, 5.74) is 6.28. The molecule has 0 spiro atoms. The second-order valence-electron chi connectivity index (χ2n) is 16.7. The van der Waals surface area contributed by atoms with Crippen molar-refractivity contribution in [2.75, 3.05) is 25.6 Å². The molecule has 1 aromatic heterocycles. The van der Waals surface area contributed by atoms with Crippen molar-refractivity contribution in [3.05, 3.63) is 119 Å². The van der Waals surface area contributed by atoms with Crippen molar-refractivity contribution in [1.29, 1.82) is 0 Å². The lowest BCUT2D eigenvalue weighted by atomic mass is 9.78. The van der Waals surface area contributed by atoms with Crippen LogP contribution >= 0.6 is 0 Å². The van der Waals surface area contributed by atoms with Crippen LogP contribution in [0.25, 0.3) is 11.1 Å². The quantitative estimate of drug-likeness (QED) is 0.134. The fourth-order valence-electron chi connectivity index (χ4n) is 7.57. The van der Waals surface area contributed by atoms with Gasteiger partial charge >= 0.3 is 0 Å². The summed E-state index contributed by atoms with van der Waals surface area (Å²) in [6.07, 6.45) is 15.5. The Bertz CT molecular complexity index is 1730. The predicted octanol–water partition coefficient (Wildman–Crippen LogP) is 15.5. The molecule has 2 N–H and O–H groups in total. The Morgan fingerprint density at radius 2 is 1.58 bits per heavy atom. The number of aryl methyl sites for hydroxylation is 1. The smallest absolute Gasteiger partial charge is 0.131 e. The standard InChI is InChI=1S/C39H48F3N3.C10H22.C2H6.CH4O/c1-10-11-18-39(9)20-34(29(6)45(24-39)23-31-13-12-25(2)27(4)37(31)41)28(5)44-36-17-15-32(38(7,8)42)19-33(36)30-14-16-35(43-22-30)26(3)21-40;1-4-7-10(8-5-2)9-6-3;2*1-2/h12-17,19-20,22,26,44H,5-6,10-11,18,21,23-24H2,1-4,7-9H3;10H,4-9H2,1-3H3;1-2H3;2H,1H3/t26?,39-;;;/m1.../s1. The number of alkyl halides is 2. The topological polar surface area (TPSA) is 48.4 Å². The van der Waals surface area contributed by atoms with E-state index < -0.39 is 12.3 Å². The summed E-state index contributed by atoms with van der Waals surface area (Å²) in [5.74, 6) is 0.547. The fraction of sp³-hybridized carbons (Fsp3) is 0.558. The van der Waals surface area contributed by atoms with E-state index in [0.717, 1.165) is 72.5 Å². The maximum Gasteiger partial charge on any atom is 0.131 e. The van der Waals surface area contributed by atoms with E-state index in [9.17, 15) is 4.39 Å². The van der Waals surface area contributed by atoms with Gasteiger partial charge in [0.15, 0.2) is 0 Å². The van der Waals surface area contributed by atoms with Gasteiger partial charge in [0, 0.05) is 82.8 Å². The number of halogens is 3. The number of aliphatic hydroxyl groups is 1. The van der Waals surface area contributed by atoms with Crippen LogP contribution in [0.4, 0.5) is 18.9 Å². The number of hydrogen-bond acceptors (Lipinski definition) is 4. The van der Waals surface area contributed by atoms with E-state index in [0.29, 0.717) is 34.6 Å². The Kier molecular flexibility index (Phi) is 23.8. The molecule has 0 bridgehead atoms. The van der Waals surface area contributed by atoms with Crippen molar-refractivity contribution in [2.45, 2.75) is 159 Å². The van der Waals surface area contributed by atoms with Gasteiger partial charge in [-0.1, -0.05) is 150 Å². The van der Waals surface area contributed by atoms with E-state index >= 15 is 8.78 Å². The number of hydrogen-bond donors (Lipinski definition) is 2. The third kappa shape index (κ3) is 15.9. The highest BCUT2D eigenvalue weighted by molar-refractivity contribution is 5.80. The maximum absolute atomic E-state index is 15.3. The first kappa shape index (κ1) is 53.2. The SMILES string of the molecule is C=C(Nc1ccc(C(C)(C)F)cc1-c1ccc(C(C)CF)nc1)C1=C[C@@](C)(CCCC)CN(Cc2ccc(C)c(C)c2F)C1=C.CC.CCCC(CCC)CCC.CO. The van der Waals surface area contributed by atoms with Crippen molar-refractivity contribution >= 4 is 5.69 Å². The van der Waals surface area contributed by atoms with Crippen LogP contribution in [-0.4, -0.2) is 35.3 Å². The molecular weight excluding hydrogens is 740 g/mol. The van der Waals surface area contributed by atoms with Gasteiger partial charge in [-0.15, -0.1) is 0 Å². The van der Waals surface area contributed by atoms with Gasteiger partial charge in [0.1, 0.15) is 11.5 Å². The van der Waals surface area contributed by atoms with Crippen LogP contribution in [0.3, 0.4) is 0 Å². The number of pyridine rings is 1. The number of nitrogens with one attached hydrogen (secondary N) is 1. The Hall–Kier alpha value is -3.84. The third-order valence-electron chi connectivity index (χ3n) is 11.2. The minimum atomic E-state index is -1.55. The van der Waals surface area contributed by atoms with Gasteiger partial charge in [0.2, 0.25) is 0 Å². The molecule has 0 amide bonds. The van der Waals surface area contributed by atoms with E-state index in [2.05, 4.69) is 69.1 Å². The van der Waals surface area contributed by atoms with E-state index in [1.165, 1.54) is 52.4 Å². The molecule has 7 heteroatoms. The second kappa shape index (κ2) is 26.4. The Labute approximate surface area is 358 Å². The predicted molar refractivity (Wildman–Crippen MR) is 250 cm³/mol. The van der Waals surface area contributed by atoms with Gasteiger partial charge in [-0.05, 0) is 74.9 Å². The van der Waals surface area contributed by atoms with Gasteiger partial charge < -0.3 is 15.3 Å².